The summed E-state index contributed by atoms with van der Waals surface area (Å²) in [5.74, 6) is 1.04. The lowest BCUT2D eigenvalue weighted by Gasteiger charge is -2.18. The van der Waals surface area contributed by atoms with E-state index in [9.17, 15) is 18.0 Å². The summed E-state index contributed by atoms with van der Waals surface area (Å²) < 4.78 is 54.2. The average Bonchev–Trinajstić information content (AvgIpc) is 3.22. The molecule has 188 valence electrons. The number of benzene rings is 2. The lowest BCUT2D eigenvalue weighted by atomic mass is 9.96. The zero-order valence-corrected chi connectivity index (χ0v) is 20.3. The molecule has 0 amide bonds. The zero-order chi connectivity index (χ0) is 26.3. The minimum absolute atomic E-state index is 0.0615. The van der Waals surface area contributed by atoms with Crippen molar-refractivity contribution in [3.63, 3.8) is 0 Å². The molecule has 0 atom stereocenters. The molecule has 0 unspecified atom stereocenters. The maximum atomic E-state index is 13.9. The van der Waals surface area contributed by atoms with Gasteiger partial charge in [-0.05, 0) is 55.1 Å². The first-order chi connectivity index (χ1) is 17.7. The van der Waals surface area contributed by atoms with E-state index in [0.717, 1.165) is 11.6 Å². The van der Waals surface area contributed by atoms with Crippen molar-refractivity contribution >= 4 is 10.9 Å². The third-order valence-corrected chi connectivity index (χ3v) is 6.29. The first kappa shape index (κ1) is 24.3. The Balaban J connectivity index is 1.86. The summed E-state index contributed by atoms with van der Waals surface area (Å²) in [6, 6.07) is 15.4. The highest BCUT2D eigenvalue weighted by Gasteiger charge is 2.34. The predicted octanol–water partition coefficient (Wildman–Crippen LogP) is 6.41. The van der Waals surface area contributed by atoms with Crippen LogP contribution in [0.4, 0.5) is 13.2 Å². The number of hydrogen-bond donors (Lipinski definition) is 0. The molecule has 0 spiro atoms. The topological polar surface area (TPSA) is 70.2 Å². The van der Waals surface area contributed by atoms with Crippen molar-refractivity contribution in [2.75, 3.05) is 7.11 Å². The molecule has 0 aliphatic rings. The Kier molecular flexibility index (Phi) is 6.07. The minimum atomic E-state index is -4.63. The number of halogens is 3. The SMILES string of the molecule is COc1cc2c(cc1-c1c(C)noc1C)cc(-c1ccccc1C(F)(F)F)c(=O)n2Cc1ccccn1. The van der Waals surface area contributed by atoms with Crippen LogP contribution in [0.3, 0.4) is 0 Å². The van der Waals surface area contributed by atoms with E-state index in [0.29, 0.717) is 39.4 Å². The maximum absolute atomic E-state index is 13.9. The second-order valence-corrected chi connectivity index (χ2v) is 8.62. The van der Waals surface area contributed by atoms with Crippen LogP contribution < -0.4 is 10.3 Å². The lowest BCUT2D eigenvalue weighted by Crippen LogP contribution is -2.24. The van der Waals surface area contributed by atoms with Crippen LogP contribution in [0.1, 0.15) is 22.7 Å². The number of fused-ring (bicyclic) bond motifs is 1. The van der Waals surface area contributed by atoms with E-state index in [1.54, 1.807) is 50.4 Å². The van der Waals surface area contributed by atoms with E-state index in [-0.39, 0.29) is 17.7 Å². The molecule has 0 N–H and O–H groups in total. The van der Waals surface area contributed by atoms with Gasteiger partial charge in [-0.15, -0.1) is 0 Å². The van der Waals surface area contributed by atoms with Crippen LogP contribution in [0.5, 0.6) is 5.75 Å². The van der Waals surface area contributed by atoms with Gasteiger partial charge in [0.15, 0.2) is 0 Å². The Labute approximate surface area is 209 Å². The fourth-order valence-electron chi connectivity index (χ4n) is 4.61. The van der Waals surface area contributed by atoms with E-state index >= 15 is 0 Å². The van der Waals surface area contributed by atoms with Crippen molar-refractivity contribution in [1.29, 1.82) is 0 Å². The fourth-order valence-corrected chi connectivity index (χ4v) is 4.61. The third kappa shape index (κ3) is 4.37. The minimum Gasteiger partial charge on any atom is -0.496 e. The van der Waals surface area contributed by atoms with E-state index < -0.39 is 17.3 Å². The van der Waals surface area contributed by atoms with Gasteiger partial charge in [-0.3, -0.25) is 9.78 Å². The van der Waals surface area contributed by atoms with Gasteiger partial charge in [0.25, 0.3) is 5.56 Å². The van der Waals surface area contributed by atoms with Crippen molar-refractivity contribution in [2.24, 2.45) is 0 Å². The molecule has 5 rings (SSSR count). The van der Waals surface area contributed by atoms with Gasteiger partial charge >= 0.3 is 6.18 Å². The number of nitrogens with zero attached hydrogens (tertiary/aromatic N) is 3. The highest BCUT2D eigenvalue weighted by Crippen LogP contribution is 2.40. The van der Waals surface area contributed by atoms with Crippen LogP contribution in [0.15, 0.2) is 76.2 Å². The highest BCUT2D eigenvalue weighted by atomic mass is 19.4. The average molecular weight is 505 g/mol. The molecule has 6 nitrogen and oxygen atoms in total. The molecule has 0 saturated heterocycles. The van der Waals surface area contributed by atoms with Crippen molar-refractivity contribution in [3.8, 4) is 28.0 Å². The van der Waals surface area contributed by atoms with Crippen molar-refractivity contribution in [2.45, 2.75) is 26.6 Å². The Morgan fingerprint density at radius 2 is 1.70 bits per heavy atom. The zero-order valence-electron chi connectivity index (χ0n) is 20.3. The number of aromatic nitrogens is 3. The van der Waals surface area contributed by atoms with Gasteiger partial charge < -0.3 is 13.8 Å². The Bertz CT molecular complexity index is 1650. The predicted molar refractivity (Wildman–Crippen MR) is 134 cm³/mol. The lowest BCUT2D eigenvalue weighted by molar-refractivity contribution is -0.137. The molecule has 0 aliphatic carbocycles. The first-order valence-electron chi connectivity index (χ1n) is 11.4. The van der Waals surface area contributed by atoms with Gasteiger partial charge in [0.1, 0.15) is 11.5 Å². The van der Waals surface area contributed by atoms with Crippen LogP contribution in [0.25, 0.3) is 33.2 Å². The summed E-state index contributed by atoms with van der Waals surface area (Å²) in [4.78, 5) is 18.1. The quantitative estimate of drug-likeness (QED) is 0.276. The van der Waals surface area contributed by atoms with Crippen molar-refractivity contribution < 1.29 is 22.4 Å². The molecule has 9 heteroatoms. The van der Waals surface area contributed by atoms with Crippen LogP contribution >= 0.6 is 0 Å². The molecule has 5 aromatic rings. The summed E-state index contributed by atoms with van der Waals surface area (Å²) in [5.41, 5.74) is 1.40. The Morgan fingerprint density at radius 3 is 2.35 bits per heavy atom. The number of rotatable bonds is 5. The number of methoxy groups -OCH3 is 1. The second-order valence-electron chi connectivity index (χ2n) is 8.62. The molecule has 0 fully saturated rings. The Morgan fingerprint density at radius 1 is 0.973 bits per heavy atom. The van der Waals surface area contributed by atoms with E-state index in [4.69, 9.17) is 9.26 Å². The molecule has 0 saturated carbocycles. The van der Waals surface area contributed by atoms with E-state index in [2.05, 4.69) is 10.1 Å². The summed E-state index contributed by atoms with van der Waals surface area (Å²) in [7, 11) is 1.51. The van der Waals surface area contributed by atoms with Crippen LogP contribution in [-0.4, -0.2) is 21.8 Å². The fraction of sp³-hybridized carbons (Fsp3) is 0.179. The standard InChI is InChI=1S/C28H22F3N3O3/c1-16-26(17(2)37-33-16)22-13-18-12-21(20-9-4-5-10-23(20)28(29,30)31)27(35)34(24(18)14-25(22)36-3)15-19-8-6-7-11-32-19/h4-14H,15H2,1-3H3. The van der Waals surface area contributed by atoms with E-state index in [1.165, 1.54) is 35.9 Å². The second kappa shape index (κ2) is 9.24. The van der Waals surface area contributed by atoms with Crippen LogP contribution in [0, 0.1) is 13.8 Å². The number of hydrogen-bond acceptors (Lipinski definition) is 5. The summed E-state index contributed by atoms with van der Waals surface area (Å²) in [6.07, 6.45) is -3.03. The van der Waals surface area contributed by atoms with Gasteiger partial charge in [0.05, 0.1) is 41.7 Å². The van der Waals surface area contributed by atoms with Gasteiger partial charge in [-0.25, -0.2) is 0 Å². The normalized spacial score (nSPS) is 11.7. The number of alkyl halides is 3. The number of pyridine rings is 2. The molecule has 37 heavy (non-hydrogen) atoms. The Hall–Kier alpha value is -4.40. The van der Waals surface area contributed by atoms with Gasteiger partial charge in [-0.2, -0.15) is 13.2 Å². The van der Waals surface area contributed by atoms with Crippen LogP contribution in [0.2, 0.25) is 0 Å². The molecule has 0 radical (unpaired) electrons. The monoisotopic (exact) mass is 505 g/mol. The molecule has 3 heterocycles. The number of aryl methyl sites for hydroxylation is 2. The van der Waals surface area contributed by atoms with Crippen LogP contribution in [-0.2, 0) is 12.7 Å². The summed E-state index contributed by atoms with van der Waals surface area (Å²) >= 11 is 0. The number of ether oxygens (including phenoxy) is 1. The summed E-state index contributed by atoms with van der Waals surface area (Å²) in [5, 5.41) is 4.57. The largest absolute Gasteiger partial charge is 0.496 e. The van der Waals surface area contributed by atoms with Crippen molar-refractivity contribution in [3.05, 3.63) is 99.9 Å². The molecular formula is C28H22F3N3O3. The molecule has 2 aromatic carbocycles. The van der Waals surface area contributed by atoms with Gasteiger partial charge in [0.2, 0.25) is 0 Å². The molecular weight excluding hydrogens is 483 g/mol. The maximum Gasteiger partial charge on any atom is 0.417 e. The highest BCUT2D eigenvalue weighted by molar-refractivity contribution is 5.92. The molecule has 0 aliphatic heterocycles. The van der Waals surface area contributed by atoms with Gasteiger partial charge in [-0.1, -0.05) is 29.4 Å². The smallest absolute Gasteiger partial charge is 0.417 e. The van der Waals surface area contributed by atoms with Gasteiger partial charge in [0, 0.05) is 23.4 Å². The molecule has 0 bridgehead atoms. The third-order valence-electron chi connectivity index (χ3n) is 6.29. The van der Waals surface area contributed by atoms with E-state index in [1.807, 2.05) is 0 Å². The first-order valence-corrected chi connectivity index (χ1v) is 11.4. The molecule has 3 aromatic heterocycles. The van der Waals surface area contributed by atoms with Crippen molar-refractivity contribution in [1.82, 2.24) is 14.7 Å². The summed E-state index contributed by atoms with van der Waals surface area (Å²) in [6.45, 7) is 3.63.